The fraction of sp³-hybridized carbons (Fsp3) is 0.304. The number of ether oxygens (including phenoxy) is 1. The molecule has 0 N–H and O–H groups in total. The summed E-state index contributed by atoms with van der Waals surface area (Å²) in [7, 11) is 1.69. The van der Waals surface area contributed by atoms with Crippen molar-refractivity contribution in [3.05, 3.63) is 69.3 Å². The number of pyridine rings is 1. The van der Waals surface area contributed by atoms with Crippen LogP contribution in [0.25, 0.3) is 21.7 Å². The first-order valence-corrected chi connectivity index (χ1v) is 10.8. The fourth-order valence-electron chi connectivity index (χ4n) is 4.36. The summed E-state index contributed by atoms with van der Waals surface area (Å²) in [5.74, 6) is -0.0215. The number of likely N-dealkylation sites (tertiary alicyclic amines) is 1. The first kappa shape index (κ1) is 18.3. The average Bonchev–Trinajstić information content (AvgIpc) is 3.43. The lowest BCUT2D eigenvalue weighted by molar-refractivity contribution is 0.0724. The van der Waals surface area contributed by atoms with Gasteiger partial charge in [0.05, 0.1) is 22.2 Å². The number of hydrogen-bond acceptors (Lipinski definition) is 4. The molecular weight excluding hydrogens is 384 g/mol. The van der Waals surface area contributed by atoms with E-state index in [1.807, 2.05) is 40.6 Å². The normalized spacial score (nSPS) is 17.8. The van der Waals surface area contributed by atoms with Gasteiger partial charge in [-0.05, 0) is 41.5 Å². The van der Waals surface area contributed by atoms with Gasteiger partial charge in [-0.3, -0.25) is 9.59 Å². The van der Waals surface area contributed by atoms with E-state index >= 15 is 0 Å². The lowest BCUT2D eigenvalue weighted by Gasteiger charge is -2.25. The van der Waals surface area contributed by atoms with Gasteiger partial charge in [0.2, 0.25) is 0 Å². The molecule has 1 atom stereocenters. The minimum atomic E-state index is -0.0296. The van der Waals surface area contributed by atoms with E-state index in [9.17, 15) is 9.59 Å². The SMILES string of the molecule is COC1CCN(C(=O)c2cc(-c3ccccc3)c(=O)n3c2-c2sccc2CC3)C1. The fourth-order valence-corrected chi connectivity index (χ4v) is 5.38. The van der Waals surface area contributed by atoms with Crippen LogP contribution < -0.4 is 5.56 Å². The van der Waals surface area contributed by atoms with Crippen molar-refractivity contribution in [3.63, 3.8) is 0 Å². The number of thiophene rings is 1. The number of amides is 1. The molecule has 29 heavy (non-hydrogen) atoms. The van der Waals surface area contributed by atoms with Gasteiger partial charge in [-0.15, -0.1) is 11.3 Å². The van der Waals surface area contributed by atoms with Gasteiger partial charge in [0.15, 0.2) is 0 Å². The number of rotatable bonds is 3. The Labute approximate surface area is 173 Å². The minimum Gasteiger partial charge on any atom is -0.380 e. The Balaban J connectivity index is 1.71. The Hall–Kier alpha value is -2.70. The molecule has 1 fully saturated rings. The Morgan fingerprint density at radius 3 is 2.76 bits per heavy atom. The van der Waals surface area contributed by atoms with Gasteiger partial charge in [-0.2, -0.15) is 0 Å². The van der Waals surface area contributed by atoms with Crippen molar-refractivity contribution in [2.24, 2.45) is 0 Å². The molecule has 6 heteroatoms. The average molecular weight is 407 g/mol. The molecule has 0 spiro atoms. The summed E-state index contributed by atoms with van der Waals surface area (Å²) in [6.07, 6.45) is 1.73. The zero-order valence-electron chi connectivity index (χ0n) is 16.3. The first-order chi connectivity index (χ1) is 14.2. The van der Waals surface area contributed by atoms with Gasteiger partial charge in [0.1, 0.15) is 0 Å². The molecule has 4 heterocycles. The van der Waals surface area contributed by atoms with Crippen LogP contribution in [0.5, 0.6) is 0 Å². The highest BCUT2D eigenvalue weighted by Gasteiger charge is 2.32. The zero-order valence-corrected chi connectivity index (χ0v) is 17.1. The van der Waals surface area contributed by atoms with Crippen molar-refractivity contribution in [2.75, 3.05) is 20.2 Å². The van der Waals surface area contributed by atoms with E-state index < -0.39 is 0 Å². The van der Waals surface area contributed by atoms with Crippen molar-refractivity contribution in [1.29, 1.82) is 0 Å². The maximum atomic E-state index is 13.6. The molecule has 5 nitrogen and oxygen atoms in total. The van der Waals surface area contributed by atoms with E-state index in [2.05, 4.69) is 6.07 Å². The highest BCUT2D eigenvalue weighted by atomic mass is 32.1. The van der Waals surface area contributed by atoms with Gasteiger partial charge in [0.25, 0.3) is 11.5 Å². The molecule has 2 aliphatic rings. The number of nitrogens with zero attached hydrogens (tertiary/aromatic N) is 2. The third-order valence-corrected chi connectivity index (χ3v) is 6.90. The van der Waals surface area contributed by atoms with E-state index in [0.29, 0.717) is 30.8 Å². The standard InChI is InChI=1S/C23H22N2O3S/c1-28-17-8-10-24(14-17)22(26)19-13-18(15-5-3-2-4-6-15)23(27)25-11-7-16-9-12-29-21(16)20(19)25/h2-6,9,12-13,17H,7-8,10-11,14H2,1H3. The molecule has 5 rings (SSSR count). The van der Waals surface area contributed by atoms with Crippen molar-refractivity contribution in [1.82, 2.24) is 9.47 Å². The molecule has 0 radical (unpaired) electrons. The number of carbonyl (C=O) groups excluding carboxylic acids is 1. The molecule has 1 saturated heterocycles. The number of aryl methyl sites for hydroxylation is 1. The van der Waals surface area contributed by atoms with Crippen LogP contribution in [0.3, 0.4) is 0 Å². The molecule has 2 aliphatic heterocycles. The number of carbonyl (C=O) groups is 1. The van der Waals surface area contributed by atoms with E-state index in [0.717, 1.165) is 29.0 Å². The molecule has 1 aromatic carbocycles. The summed E-state index contributed by atoms with van der Waals surface area (Å²) in [4.78, 5) is 29.8. The second-order valence-corrected chi connectivity index (χ2v) is 8.48. The lowest BCUT2D eigenvalue weighted by atomic mass is 9.97. The maximum Gasteiger partial charge on any atom is 0.258 e. The Bertz CT molecular complexity index is 1130. The number of aromatic nitrogens is 1. The Morgan fingerprint density at radius 2 is 2.00 bits per heavy atom. The molecule has 1 unspecified atom stereocenters. The quantitative estimate of drug-likeness (QED) is 0.667. The molecule has 3 aromatic rings. The van der Waals surface area contributed by atoms with Gasteiger partial charge in [0, 0.05) is 32.3 Å². The van der Waals surface area contributed by atoms with Crippen LogP contribution in [0.2, 0.25) is 0 Å². The van der Waals surface area contributed by atoms with Gasteiger partial charge in [-0.1, -0.05) is 30.3 Å². The minimum absolute atomic E-state index is 0.0215. The van der Waals surface area contributed by atoms with Gasteiger partial charge < -0.3 is 14.2 Å². The molecule has 0 aliphatic carbocycles. The lowest BCUT2D eigenvalue weighted by Crippen LogP contribution is -2.34. The highest BCUT2D eigenvalue weighted by molar-refractivity contribution is 7.13. The third kappa shape index (κ3) is 3.03. The summed E-state index contributed by atoms with van der Waals surface area (Å²) in [6, 6.07) is 13.5. The Morgan fingerprint density at radius 1 is 1.17 bits per heavy atom. The largest absolute Gasteiger partial charge is 0.380 e. The zero-order chi connectivity index (χ0) is 20.0. The van der Waals surface area contributed by atoms with Crippen LogP contribution in [-0.2, 0) is 17.7 Å². The van der Waals surface area contributed by atoms with Crippen molar-refractivity contribution in [2.45, 2.75) is 25.5 Å². The van der Waals surface area contributed by atoms with Crippen LogP contribution in [-0.4, -0.2) is 41.7 Å². The van der Waals surface area contributed by atoms with E-state index in [1.165, 1.54) is 5.56 Å². The summed E-state index contributed by atoms with van der Waals surface area (Å²) < 4.78 is 7.25. The predicted molar refractivity (Wildman–Crippen MR) is 114 cm³/mol. The van der Waals surface area contributed by atoms with Crippen molar-refractivity contribution >= 4 is 17.2 Å². The first-order valence-electron chi connectivity index (χ1n) is 9.89. The summed E-state index contributed by atoms with van der Waals surface area (Å²) in [5, 5.41) is 2.04. The number of methoxy groups -OCH3 is 1. The summed E-state index contributed by atoms with van der Waals surface area (Å²) in [5.41, 5.74) is 4.00. The summed E-state index contributed by atoms with van der Waals surface area (Å²) in [6.45, 7) is 1.86. The van der Waals surface area contributed by atoms with Crippen LogP contribution in [0.15, 0.2) is 52.6 Å². The molecule has 1 amide bonds. The van der Waals surface area contributed by atoms with E-state index in [4.69, 9.17) is 4.74 Å². The highest BCUT2D eigenvalue weighted by Crippen LogP contribution is 2.37. The monoisotopic (exact) mass is 406 g/mol. The predicted octanol–water partition coefficient (Wildman–Crippen LogP) is 3.66. The molecular formula is C23H22N2O3S. The maximum absolute atomic E-state index is 13.6. The van der Waals surface area contributed by atoms with E-state index in [-0.39, 0.29) is 17.6 Å². The number of fused-ring (bicyclic) bond motifs is 3. The second-order valence-electron chi connectivity index (χ2n) is 7.57. The summed E-state index contributed by atoms with van der Waals surface area (Å²) >= 11 is 1.60. The van der Waals surface area contributed by atoms with Crippen LogP contribution in [0.4, 0.5) is 0 Å². The smallest absolute Gasteiger partial charge is 0.258 e. The van der Waals surface area contributed by atoms with Crippen LogP contribution in [0, 0.1) is 0 Å². The molecule has 0 bridgehead atoms. The van der Waals surface area contributed by atoms with Gasteiger partial charge in [-0.25, -0.2) is 0 Å². The number of hydrogen-bond donors (Lipinski definition) is 0. The third-order valence-electron chi connectivity index (χ3n) is 5.94. The topological polar surface area (TPSA) is 51.5 Å². The second kappa shape index (κ2) is 7.28. The molecule has 2 aromatic heterocycles. The van der Waals surface area contributed by atoms with Crippen LogP contribution >= 0.6 is 11.3 Å². The Kier molecular flexibility index (Phi) is 4.60. The van der Waals surface area contributed by atoms with Gasteiger partial charge >= 0.3 is 0 Å². The van der Waals surface area contributed by atoms with Crippen molar-refractivity contribution in [3.8, 4) is 21.7 Å². The number of benzene rings is 1. The molecule has 148 valence electrons. The van der Waals surface area contributed by atoms with Crippen LogP contribution in [0.1, 0.15) is 22.3 Å². The van der Waals surface area contributed by atoms with E-state index in [1.54, 1.807) is 29.1 Å². The molecule has 0 saturated carbocycles. The van der Waals surface area contributed by atoms with Crippen molar-refractivity contribution < 1.29 is 9.53 Å².